The molecule has 1 aliphatic heterocycles. The van der Waals surface area contributed by atoms with E-state index in [0.717, 1.165) is 30.1 Å². The van der Waals surface area contributed by atoms with Crippen LogP contribution in [-0.2, 0) is 22.6 Å². The fourth-order valence-corrected chi connectivity index (χ4v) is 3.89. The van der Waals surface area contributed by atoms with Crippen molar-refractivity contribution in [2.75, 3.05) is 24.2 Å². The third kappa shape index (κ3) is 3.70. The minimum absolute atomic E-state index is 0.209. The van der Waals surface area contributed by atoms with E-state index >= 15 is 0 Å². The summed E-state index contributed by atoms with van der Waals surface area (Å²) in [5.41, 5.74) is 1.18. The number of thiazole rings is 1. The first-order valence-corrected chi connectivity index (χ1v) is 8.74. The SMILES string of the molecule is CN1CCc2nc(NC(=O)C(=O)Nc3c(Cl)cccc3Cl)sc2C1. The Balaban J connectivity index is 1.68. The number of nitrogens with one attached hydrogen (secondary N) is 2. The van der Waals surface area contributed by atoms with Crippen LogP contribution in [0, 0.1) is 0 Å². The number of amides is 2. The quantitative estimate of drug-likeness (QED) is 0.780. The van der Waals surface area contributed by atoms with Gasteiger partial charge in [0.1, 0.15) is 0 Å². The van der Waals surface area contributed by atoms with E-state index in [2.05, 4.69) is 20.5 Å². The van der Waals surface area contributed by atoms with Gasteiger partial charge in [0.05, 0.1) is 21.4 Å². The van der Waals surface area contributed by atoms with Gasteiger partial charge in [-0.25, -0.2) is 4.98 Å². The Labute approximate surface area is 152 Å². The first-order chi connectivity index (χ1) is 11.4. The van der Waals surface area contributed by atoms with Gasteiger partial charge in [-0.05, 0) is 19.2 Å². The number of anilines is 2. The van der Waals surface area contributed by atoms with Crippen LogP contribution in [0.5, 0.6) is 0 Å². The summed E-state index contributed by atoms with van der Waals surface area (Å²) in [4.78, 5) is 31.8. The van der Waals surface area contributed by atoms with E-state index in [0.29, 0.717) is 5.13 Å². The lowest BCUT2D eigenvalue weighted by Gasteiger charge is -2.20. The van der Waals surface area contributed by atoms with E-state index in [1.54, 1.807) is 18.2 Å². The fourth-order valence-electron chi connectivity index (χ4n) is 2.32. The fraction of sp³-hybridized carbons (Fsp3) is 0.267. The molecule has 2 N–H and O–H groups in total. The first kappa shape index (κ1) is 17.2. The Hall–Kier alpha value is -1.67. The van der Waals surface area contributed by atoms with Gasteiger partial charge >= 0.3 is 11.8 Å². The van der Waals surface area contributed by atoms with E-state index < -0.39 is 11.8 Å². The normalized spacial score (nSPS) is 14.1. The molecule has 1 aromatic carbocycles. The lowest BCUT2D eigenvalue weighted by Crippen LogP contribution is -2.29. The summed E-state index contributed by atoms with van der Waals surface area (Å²) < 4.78 is 0. The number of fused-ring (bicyclic) bond motifs is 1. The standard InChI is InChI=1S/C15H14Cl2N4O2S/c1-21-6-5-10-11(7-21)24-15(18-10)20-14(23)13(22)19-12-8(16)3-2-4-9(12)17/h2-4H,5-7H2,1H3,(H,19,22)(H,18,20,23). The summed E-state index contributed by atoms with van der Waals surface area (Å²) in [6.07, 6.45) is 0.833. The number of halogens is 2. The maximum absolute atomic E-state index is 12.1. The molecule has 1 aliphatic rings. The molecular formula is C15H14Cl2N4O2S. The summed E-state index contributed by atoms with van der Waals surface area (Å²) in [6, 6.07) is 4.80. The van der Waals surface area contributed by atoms with Crippen molar-refractivity contribution in [3.8, 4) is 0 Å². The van der Waals surface area contributed by atoms with Crippen molar-refractivity contribution in [1.29, 1.82) is 0 Å². The maximum atomic E-state index is 12.1. The van der Waals surface area contributed by atoms with Gasteiger partial charge in [0.15, 0.2) is 5.13 Å². The topological polar surface area (TPSA) is 74.3 Å². The van der Waals surface area contributed by atoms with Crippen LogP contribution in [0.4, 0.5) is 10.8 Å². The minimum atomic E-state index is -0.852. The average Bonchev–Trinajstić information content (AvgIpc) is 2.92. The number of hydrogen-bond donors (Lipinski definition) is 2. The second-order valence-corrected chi connectivity index (χ2v) is 7.28. The van der Waals surface area contributed by atoms with Crippen molar-refractivity contribution in [1.82, 2.24) is 9.88 Å². The Kier molecular flexibility index (Phi) is 5.05. The molecule has 0 unspecified atom stereocenters. The molecule has 24 heavy (non-hydrogen) atoms. The number of likely N-dealkylation sites (N-methyl/N-ethyl adjacent to an activating group) is 1. The molecule has 2 aromatic rings. The molecule has 2 heterocycles. The number of carbonyl (C=O) groups is 2. The van der Waals surface area contributed by atoms with E-state index in [1.807, 2.05) is 7.05 Å². The van der Waals surface area contributed by atoms with Crippen LogP contribution in [-0.4, -0.2) is 35.3 Å². The van der Waals surface area contributed by atoms with Crippen LogP contribution in [0.3, 0.4) is 0 Å². The molecule has 9 heteroatoms. The summed E-state index contributed by atoms with van der Waals surface area (Å²) in [5, 5.41) is 5.88. The van der Waals surface area contributed by atoms with Gasteiger partial charge in [0.25, 0.3) is 0 Å². The molecule has 0 spiro atoms. The molecule has 0 bridgehead atoms. The van der Waals surface area contributed by atoms with Crippen LogP contribution in [0.2, 0.25) is 10.0 Å². The lowest BCUT2D eigenvalue weighted by molar-refractivity contribution is -0.132. The number of rotatable bonds is 2. The van der Waals surface area contributed by atoms with Gasteiger partial charge in [0, 0.05) is 24.4 Å². The van der Waals surface area contributed by atoms with E-state index in [-0.39, 0.29) is 15.7 Å². The smallest absolute Gasteiger partial charge is 0.315 e. The molecule has 0 saturated carbocycles. The summed E-state index contributed by atoms with van der Waals surface area (Å²) >= 11 is 13.3. The highest BCUT2D eigenvalue weighted by atomic mass is 35.5. The number of nitrogens with zero attached hydrogens (tertiary/aromatic N) is 2. The average molecular weight is 385 g/mol. The molecule has 0 radical (unpaired) electrons. The Morgan fingerprint density at radius 2 is 1.88 bits per heavy atom. The number of aromatic nitrogens is 1. The lowest BCUT2D eigenvalue weighted by atomic mass is 10.2. The van der Waals surface area contributed by atoms with Crippen LogP contribution < -0.4 is 10.6 Å². The summed E-state index contributed by atoms with van der Waals surface area (Å²) in [6.45, 7) is 1.72. The summed E-state index contributed by atoms with van der Waals surface area (Å²) in [7, 11) is 2.03. The van der Waals surface area contributed by atoms with Gasteiger partial charge in [-0.2, -0.15) is 0 Å². The molecule has 6 nitrogen and oxygen atoms in total. The van der Waals surface area contributed by atoms with Crippen LogP contribution >= 0.6 is 34.5 Å². The Morgan fingerprint density at radius 1 is 1.21 bits per heavy atom. The highest BCUT2D eigenvalue weighted by molar-refractivity contribution is 7.16. The molecular weight excluding hydrogens is 371 g/mol. The van der Waals surface area contributed by atoms with Gasteiger partial charge in [-0.3, -0.25) is 14.9 Å². The number of hydrogen-bond acceptors (Lipinski definition) is 5. The van der Waals surface area contributed by atoms with Crippen molar-refractivity contribution < 1.29 is 9.59 Å². The monoisotopic (exact) mass is 384 g/mol. The first-order valence-electron chi connectivity index (χ1n) is 7.17. The third-order valence-electron chi connectivity index (χ3n) is 3.55. The molecule has 0 aliphatic carbocycles. The highest BCUT2D eigenvalue weighted by Gasteiger charge is 2.22. The highest BCUT2D eigenvalue weighted by Crippen LogP contribution is 2.30. The molecule has 1 aromatic heterocycles. The number of carbonyl (C=O) groups excluding carboxylic acids is 2. The van der Waals surface area contributed by atoms with Crippen molar-refractivity contribution in [2.24, 2.45) is 0 Å². The van der Waals surface area contributed by atoms with Gasteiger partial charge < -0.3 is 10.2 Å². The number of para-hydroxylation sites is 1. The van der Waals surface area contributed by atoms with Gasteiger partial charge in [-0.1, -0.05) is 29.3 Å². The van der Waals surface area contributed by atoms with Gasteiger partial charge in [0.2, 0.25) is 0 Å². The molecule has 126 valence electrons. The molecule has 0 fully saturated rings. The predicted octanol–water partition coefficient (Wildman–Crippen LogP) is 3.02. The molecule has 2 amide bonds. The second kappa shape index (κ2) is 7.06. The van der Waals surface area contributed by atoms with Crippen molar-refractivity contribution in [2.45, 2.75) is 13.0 Å². The van der Waals surface area contributed by atoms with Crippen LogP contribution in [0.15, 0.2) is 18.2 Å². The van der Waals surface area contributed by atoms with Crippen LogP contribution in [0.25, 0.3) is 0 Å². The van der Waals surface area contributed by atoms with E-state index in [1.165, 1.54) is 11.3 Å². The number of benzene rings is 1. The van der Waals surface area contributed by atoms with E-state index in [9.17, 15) is 9.59 Å². The third-order valence-corrected chi connectivity index (χ3v) is 5.18. The predicted molar refractivity (Wildman–Crippen MR) is 95.9 cm³/mol. The molecule has 0 atom stereocenters. The second-order valence-electron chi connectivity index (χ2n) is 5.38. The molecule has 3 rings (SSSR count). The minimum Gasteiger partial charge on any atom is -0.315 e. The van der Waals surface area contributed by atoms with Crippen molar-refractivity contribution in [3.05, 3.63) is 38.8 Å². The zero-order chi connectivity index (χ0) is 17.3. The largest absolute Gasteiger partial charge is 0.315 e. The Morgan fingerprint density at radius 3 is 2.58 bits per heavy atom. The zero-order valence-electron chi connectivity index (χ0n) is 12.7. The summed E-state index contributed by atoms with van der Waals surface area (Å²) in [5.74, 6) is -1.67. The molecule has 0 saturated heterocycles. The Bertz CT molecular complexity index is 789. The van der Waals surface area contributed by atoms with Gasteiger partial charge in [-0.15, -0.1) is 11.3 Å². The van der Waals surface area contributed by atoms with Crippen molar-refractivity contribution in [3.63, 3.8) is 0 Å². The van der Waals surface area contributed by atoms with Crippen molar-refractivity contribution >= 4 is 57.2 Å². The van der Waals surface area contributed by atoms with E-state index in [4.69, 9.17) is 23.2 Å². The zero-order valence-corrected chi connectivity index (χ0v) is 15.1. The maximum Gasteiger partial charge on any atom is 0.315 e. The van der Waals surface area contributed by atoms with Crippen LogP contribution in [0.1, 0.15) is 10.6 Å².